The second-order valence-electron chi connectivity index (χ2n) is 3.86. The molecule has 82 valence electrons. The number of aliphatic hydroxyl groups excluding tert-OH is 1. The SMILES string of the molecule is OC1CCCC1c1c(F)ccc(Br)c1F. The summed E-state index contributed by atoms with van der Waals surface area (Å²) in [6, 6.07) is 2.57. The summed E-state index contributed by atoms with van der Waals surface area (Å²) in [4.78, 5) is 0. The van der Waals surface area contributed by atoms with Gasteiger partial charge in [0.2, 0.25) is 0 Å². The van der Waals surface area contributed by atoms with Gasteiger partial charge in [0.05, 0.1) is 10.6 Å². The van der Waals surface area contributed by atoms with Crippen LogP contribution in [0.1, 0.15) is 30.7 Å². The zero-order valence-corrected chi connectivity index (χ0v) is 9.60. The Hall–Kier alpha value is -0.480. The van der Waals surface area contributed by atoms with Gasteiger partial charge in [-0.25, -0.2) is 8.78 Å². The Balaban J connectivity index is 2.46. The van der Waals surface area contributed by atoms with Crippen molar-refractivity contribution in [3.05, 3.63) is 33.8 Å². The van der Waals surface area contributed by atoms with E-state index in [4.69, 9.17) is 0 Å². The van der Waals surface area contributed by atoms with Crippen LogP contribution >= 0.6 is 15.9 Å². The van der Waals surface area contributed by atoms with E-state index in [1.807, 2.05) is 0 Å². The number of hydrogen-bond acceptors (Lipinski definition) is 1. The van der Waals surface area contributed by atoms with Gasteiger partial charge in [-0.15, -0.1) is 0 Å². The van der Waals surface area contributed by atoms with Gasteiger partial charge in [-0.1, -0.05) is 6.42 Å². The second kappa shape index (κ2) is 4.18. The standard InChI is InChI=1S/C11H11BrF2O/c12-7-4-5-8(13)10(11(7)14)6-2-1-3-9(6)15/h4-6,9,15H,1-3H2. The molecule has 0 saturated heterocycles. The van der Waals surface area contributed by atoms with Gasteiger partial charge in [0.1, 0.15) is 11.6 Å². The maximum absolute atomic E-state index is 13.7. The zero-order valence-electron chi connectivity index (χ0n) is 8.01. The molecule has 1 aliphatic carbocycles. The maximum atomic E-state index is 13.7. The summed E-state index contributed by atoms with van der Waals surface area (Å²) in [5, 5.41) is 9.63. The number of rotatable bonds is 1. The Kier molecular flexibility index (Phi) is 3.07. The summed E-state index contributed by atoms with van der Waals surface area (Å²) in [5.74, 6) is -1.55. The topological polar surface area (TPSA) is 20.2 Å². The van der Waals surface area contributed by atoms with Crippen molar-refractivity contribution in [2.75, 3.05) is 0 Å². The molecule has 0 radical (unpaired) electrons. The summed E-state index contributed by atoms with van der Waals surface area (Å²) in [7, 11) is 0. The smallest absolute Gasteiger partial charge is 0.143 e. The molecular weight excluding hydrogens is 266 g/mol. The third kappa shape index (κ3) is 1.93. The van der Waals surface area contributed by atoms with E-state index in [1.54, 1.807) is 0 Å². The highest BCUT2D eigenvalue weighted by molar-refractivity contribution is 9.10. The fraction of sp³-hybridized carbons (Fsp3) is 0.455. The molecule has 0 heterocycles. The van der Waals surface area contributed by atoms with E-state index < -0.39 is 23.7 Å². The Morgan fingerprint density at radius 2 is 2.00 bits per heavy atom. The van der Waals surface area contributed by atoms with Crippen LogP contribution in [-0.4, -0.2) is 11.2 Å². The lowest BCUT2D eigenvalue weighted by atomic mass is 9.95. The van der Waals surface area contributed by atoms with E-state index in [0.717, 1.165) is 6.42 Å². The van der Waals surface area contributed by atoms with Crippen molar-refractivity contribution in [2.45, 2.75) is 31.3 Å². The van der Waals surface area contributed by atoms with Gasteiger partial charge in [0, 0.05) is 11.5 Å². The third-order valence-corrected chi connectivity index (χ3v) is 3.54. The highest BCUT2D eigenvalue weighted by atomic mass is 79.9. The molecule has 1 N–H and O–H groups in total. The highest BCUT2D eigenvalue weighted by Crippen LogP contribution is 2.38. The van der Waals surface area contributed by atoms with E-state index in [2.05, 4.69) is 15.9 Å². The maximum Gasteiger partial charge on any atom is 0.143 e. The second-order valence-corrected chi connectivity index (χ2v) is 4.72. The predicted octanol–water partition coefficient (Wildman–Crippen LogP) is 3.36. The molecule has 1 aromatic carbocycles. The van der Waals surface area contributed by atoms with E-state index in [-0.39, 0.29) is 10.0 Å². The van der Waals surface area contributed by atoms with Crippen LogP contribution in [0.15, 0.2) is 16.6 Å². The van der Waals surface area contributed by atoms with Crippen LogP contribution in [0.25, 0.3) is 0 Å². The quantitative estimate of drug-likeness (QED) is 0.780. The molecule has 15 heavy (non-hydrogen) atoms. The first-order chi connectivity index (χ1) is 7.11. The van der Waals surface area contributed by atoms with Crippen LogP contribution in [0.3, 0.4) is 0 Å². The van der Waals surface area contributed by atoms with Crippen LogP contribution < -0.4 is 0 Å². The Morgan fingerprint density at radius 1 is 1.27 bits per heavy atom. The minimum absolute atomic E-state index is 0.0226. The van der Waals surface area contributed by atoms with Crippen LogP contribution in [0.2, 0.25) is 0 Å². The fourth-order valence-electron chi connectivity index (χ4n) is 2.16. The lowest BCUT2D eigenvalue weighted by molar-refractivity contribution is 0.160. The van der Waals surface area contributed by atoms with Gasteiger partial charge in [-0.3, -0.25) is 0 Å². The van der Waals surface area contributed by atoms with Crippen molar-refractivity contribution in [3.8, 4) is 0 Å². The van der Waals surface area contributed by atoms with Crippen LogP contribution in [0.4, 0.5) is 8.78 Å². The molecule has 0 aliphatic heterocycles. The molecule has 2 rings (SSSR count). The van der Waals surface area contributed by atoms with Crippen LogP contribution in [0.5, 0.6) is 0 Å². The van der Waals surface area contributed by atoms with Gasteiger partial charge < -0.3 is 5.11 Å². The van der Waals surface area contributed by atoms with Gasteiger partial charge in [-0.05, 0) is 40.9 Å². The van der Waals surface area contributed by atoms with Crippen molar-refractivity contribution in [2.24, 2.45) is 0 Å². The molecular formula is C11H11BrF2O. The molecule has 0 spiro atoms. The number of benzene rings is 1. The first-order valence-corrected chi connectivity index (χ1v) is 5.72. The highest BCUT2D eigenvalue weighted by Gasteiger charge is 2.31. The molecule has 0 aromatic heterocycles. The molecule has 2 atom stereocenters. The number of hydrogen-bond donors (Lipinski definition) is 1. The van der Waals surface area contributed by atoms with Crippen molar-refractivity contribution in [1.29, 1.82) is 0 Å². The lowest BCUT2D eigenvalue weighted by Gasteiger charge is -2.16. The Bertz CT molecular complexity index is 381. The van der Waals surface area contributed by atoms with E-state index in [0.29, 0.717) is 12.8 Å². The normalized spacial score (nSPS) is 25.9. The van der Waals surface area contributed by atoms with E-state index in [1.165, 1.54) is 12.1 Å². The third-order valence-electron chi connectivity index (χ3n) is 2.93. The minimum Gasteiger partial charge on any atom is -0.392 e. The number of aliphatic hydroxyl groups is 1. The first-order valence-electron chi connectivity index (χ1n) is 4.92. The van der Waals surface area contributed by atoms with Gasteiger partial charge >= 0.3 is 0 Å². The molecule has 1 aliphatic rings. The zero-order chi connectivity index (χ0) is 11.0. The van der Waals surface area contributed by atoms with Crippen molar-refractivity contribution in [3.63, 3.8) is 0 Å². The van der Waals surface area contributed by atoms with Gasteiger partial charge in [0.25, 0.3) is 0 Å². The van der Waals surface area contributed by atoms with Gasteiger partial charge in [0.15, 0.2) is 0 Å². The molecule has 2 unspecified atom stereocenters. The van der Waals surface area contributed by atoms with E-state index >= 15 is 0 Å². The Labute approximate surface area is 95.2 Å². The van der Waals surface area contributed by atoms with Crippen LogP contribution in [0, 0.1) is 11.6 Å². The molecule has 1 saturated carbocycles. The fourth-order valence-corrected chi connectivity index (χ4v) is 2.51. The average Bonchev–Trinajstić information content (AvgIpc) is 2.60. The molecule has 0 amide bonds. The summed E-state index contributed by atoms with van der Waals surface area (Å²) >= 11 is 3.02. The summed E-state index contributed by atoms with van der Waals surface area (Å²) < 4.78 is 27.4. The summed E-state index contributed by atoms with van der Waals surface area (Å²) in [6.45, 7) is 0. The minimum atomic E-state index is -0.622. The summed E-state index contributed by atoms with van der Waals surface area (Å²) in [6.07, 6.45) is 1.46. The molecule has 1 fully saturated rings. The van der Waals surface area contributed by atoms with Crippen molar-refractivity contribution >= 4 is 15.9 Å². The van der Waals surface area contributed by atoms with Crippen LogP contribution in [-0.2, 0) is 0 Å². The molecule has 1 nitrogen and oxygen atoms in total. The Morgan fingerprint density at radius 3 is 2.60 bits per heavy atom. The first kappa shape index (κ1) is 11.0. The monoisotopic (exact) mass is 276 g/mol. The average molecular weight is 277 g/mol. The van der Waals surface area contributed by atoms with Gasteiger partial charge in [-0.2, -0.15) is 0 Å². The van der Waals surface area contributed by atoms with Crippen molar-refractivity contribution in [1.82, 2.24) is 0 Å². The largest absolute Gasteiger partial charge is 0.392 e. The van der Waals surface area contributed by atoms with E-state index in [9.17, 15) is 13.9 Å². The summed E-state index contributed by atoms with van der Waals surface area (Å²) in [5.41, 5.74) is 0.0226. The predicted molar refractivity (Wildman–Crippen MR) is 56.7 cm³/mol. The molecule has 4 heteroatoms. The lowest BCUT2D eigenvalue weighted by Crippen LogP contribution is -2.14. The number of halogens is 3. The molecule has 1 aromatic rings. The molecule has 0 bridgehead atoms. The van der Waals surface area contributed by atoms with Crippen molar-refractivity contribution < 1.29 is 13.9 Å².